The van der Waals surface area contributed by atoms with Gasteiger partial charge in [-0.25, -0.2) is 0 Å². The minimum absolute atomic E-state index is 0.594. The molecule has 3 heteroatoms. The third kappa shape index (κ3) is 2.80. The Morgan fingerprint density at radius 3 is 3.27 bits per heavy atom. The second-order valence-electron chi connectivity index (χ2n) is 1.94. The molecule has 58 valence electrons. The second kappa shape index (κ2) is 4.44. The number of oxime groups is 1. The van der Waals surface area contributed by atoms with Crippen LogP contribution in [0.15, 0.2) is 29.7 Å². The molecule has 0 aromatic carbocycles. The van der Waals surface area contributed by atoms with E-state index >= 15 is 0 Å². The highest BCUT2D eigenvalue weighted by atomic mass is 16.6. The molecular formula is C8H10N2O. The fourth-order valence-corrected chi connectivity index (χ4v) is 0.625. The van der Waals surface area contributed by atoms with E-state index < -0.39 is 0 Å². The molecule has 0 bridgehead atoms. The molecule has 0 radical (unpaired) electrons. The summed E-state index contributed by atoms with van der Waals surface area (Å²) in [5.74, 6) is 0. The lowest BCUT2D eigenvalue weighted by Crippen LogP contribution is -1.84. The summed E-state index contributed by atoms with van der Waals surface area (Å²) in [6.45, 7) is 2.48. The van der Waals surface area contributed by atoms with Gasteiger partial charge < -0.3 is 4.84 Å². The average molecular weight is 150 g/mol. The molecule has 0 saturated carbocycles. The zero-order valence-corrected chi connectivity index (χ0v) is 6.40. The number of hydrogen-bond acceptors (Lipinski definition) is 3. The molecule has 0 aliphatic heterocycles. The average Bonchev–Trinajstić information content (AvgIpc) is 2.07. The van der Waals surface area contributed by atoms with E-state index in [1.165, 1.54) is 0 Å². The lowest BCUT2D eigenvalue weighted by molar-refractivity contribution is 0.160. The molecule has 0 spiro atoms. The van der Waals surface area contributed by atoms with Gasteiger partial charge >= 0.3 is 0 Å². The third-order valence-electron chi connectivity index (χ3n) is 1.09. The van der Waals surface area contributed by atoms with Crippen LogP contribution in [0.2, 0.25) is 0 Å². The first-order valence-corrected chi connectivity index (χ1v) is 3.49. The molecule has 11 heavy (non-hydrogen) atoms. The monoisotopic (exact) mass is 150 g/mol. The third-order valence-corrected chi connectivity index (χ3v) is 1.09. The van der Waals surface area contributed by atoms with Crippen LogP contribution < -0.4 is 0 Å². The molecule has 1 rings (SSSR count). The van der Waals surface area contributed by atoms with Gasteiger partial charge in [0.2, 0.25) is 0 Å². The molecule has 0 N–H and O–H groups in total. The fraction of sp³-hybridized carbons (Fsp3) is 0.250. The van der Waals surface area contributed by atoms with Gasteiger partial charge in [0.1, 0.15) is 6.61 Å². The summed E-state index contributed by atoms with van der Waals surface area (Å²) in [7, 11) is 0. The smallest absolute Gasteiger partial charge is 0.114 e. The van der Waals surface area contributed by atoms with Crippen molar-refractivity contribution in [1.29, 1.82) is 0 Å². The summed E-state index contributed by atoms with van der Waals surface area (Å²) < 4.78 is 0. The summed E-state index contributed by atoms with van der Waals surface area (Å²) in [6.07, 6.45) is 5.08. The van der Waals surface area contributed by atoms with Gasteiger partial charge in [0, 0.05) is 18.0 Å². The molecular weight excluding hydrogens is 140 g/mol. The molecule has 0 aliphatic rings. The van der Waals surface area contributed by atoms with E-state index in [-0.39, 0.29) is 0 Å². The summed E-state index contributed by atoms with van der Waals surface area (Å²) in [5.41, 5.74) is 0.945. The Balaban J connectivity index is 2.50. The first-order chi connectivity index (χ1) is 5.43. The molecule has 1 aromatic rings. The van der Waals surface area contributed by atoms with Gasteiger partial charge in [-0.05, 0) is 13.0 Å². The van der Waals surface area contributed by atoms with Crippen molar-refractivity contribution in [2.45, 2.75) is 6.92 Å². The fourth-order valence-electron chi connectivity index (χ4n) is 0.625. The van der Waals surface area contributed by atoms with Gasteiger partial charge in [0.25, 0.3) is 0 Å². The maximum atomic E-state index is 4.78. The summed E-state index contributed by atoms with van der Waals surface area (Å²) in [4.78, 5) is 8.70. The van der Waals surface area contributed by atoms with Crippen LogP contribution in [0.3, 0.4) is 0 Å². The van der Waals surface area contributed by atoms with E-state index in [2.05, 4.69) is 10.1 Å². The van der Waals surface area contributed by atoms with E-state index in [1.807, 2.05) is 19.1 Å². The minimum atomic E-state index is 0.594. The van der Waals surface area contributed by atoms with Crippen LogP contribution in [0.1, 0.15) is 12.5 Å². The summed E-state index contributed by atoms with van der Waals surface area (Å²) >= 11 is 0. The molecule has 0 atom stereocenters. The van der Waals surface area contributed by atoms with Crippen molar-refractivity contribution in [3.05, 3.63) is 30.1 Å². The number of hydrogen-bond donors (Lipinski definition) is 0. The first-order valence-electron chi connectivity index (χ1n) is 3.49. The molecule has 1 heterocycles. The van der Waals surface area contributed by atoms with E-state index in [0.29, 0.717) is 6.61 Å². The Labute approximate surface area is 65.7 Å². The van der Waals surface area contributed by atoms with Crippen molar-refractivity contribution < 1.29 is 4.84 Å². The zero-order valence-electron chi connectivity index (χ0n) is 6.40. The largest absolute Gasteiger partial charge is 0.396 e. The normalized spacial score (nSPS) is 10.3. The lowest BCUT2D eigenvalue weighted by atomic mass is 10.3. The second-order valence-corrected chi connectivity index (χ2v) is 1.94. The van der Waals surface area contributed by atoms with Crippen LogP contribution in [-0.2, 0) is 4.84 Å². The van der Waals surface area contributed by atoms with Gasteiger partial charge in [0.05, 0.1) is 6.21 Å². The Hall–Kier alpha value is -1.38. The number of pyridine rings is 1. The van der Waals surface area contributed by atoms with Gasteiger partial charge in [-0.15, -0.1) is 0 Å². The maximum absolute atomic E-state index is 4.78. The topological polar surface area (TPSA) is 34.5 Å². The van der Waals surface area contributed by atoms with Crippen molar-refractivity contribution in [2.24, 2.45) is 5.16 Å². The van der Waals surface area contributed by atoms with Crippen molar-refractivity contribution in [3.8, 4) is 0 Å². The van der Waals surface area contributed by atoms with E-state index in [1.54, 1.807) is 18.6 Å². The van der Waals surface area contributed by atoms with Crippen LogP contribution in [0, 0.1) is 0 Å². The molecule has 3 nitrogen and oxygen atoms in total. The first kappa shape index (κ1) is 7.72. The molecule has 0 amide bonds. The number of aromatic nitrogens is 1. The predicted octanol–water partition coefficient (Wildman–Crippen LogP) is 1.45. The van der Waals surface area contributed by atoms with Gasteiger partial charge in [0.15, 0.2) is 0 Å². The highest BCUT2D eigenvalue weighted by Gasteiger charge is 1.82. The van der Waals surface area contributed by atoms with Crippen molar-refractivity contribution in [2.75, 3.05) is 6.61 Å². The van der Waals surface area contributed by atoms with Gasteiger partial charge in [-0.2, -0.15) is 0 Å². The molecule has 0 fully saturated rings. The van der Waals surface area contributed by atoms with Crippen LogP contribution in [-0.4, -0.2) is 17.8 Å². The predicted molar refractivity (Wildman–Crippen MR) is 43.5 cm³/mol. The van der Waals surface area contributed by atoms with Crippen molar-refractivity contribution in [3.63, 3.8) is 0 Å². The molecule has 0 unspecified atom stereocenters. The quantitative estimate of drug-likeness (QED) is 0.482. The van der Waals surface area contributed by atoms with Crippen LogP contribution in [0.4, 0.5) is 0 Å². The van der Waals surface area contributed by atoms with Gasteiger partial charge in [-0.1, -0.05) is 11.2 Å². The zero-order chi connectivity index (χ0) is 7.94. The number of rotatable bonds is 3. The molecule has 0 saturated heterocycles. The van der Waals surface area contributed by atoms with E-state index in [0.717, 1.165) is 5.56 Å². The summed E-state index contributed by atoms with van der Waals surface area (Å²) in [6, 6.07) is 3.77. The van der Waals surface area contributed by atoms with E-state index in [4.69, 9.17) is 4.84 Å². The van der Waals surface area contributed by atoms with Gasteiger partial charge in [-0.3, -0.25) is 4.98 Å². The minimum Gasteiger partial charge on any atom is -0.396 e. The Morgan fingerprint density at radius 1 is 1.73 bits per heavy atom. The summed E-state index contributed by atoms with van der Waals surface area (Å²) in [5, 5.41) is 3.70. The standard InChI is InChI=1S/C8H10N2O/c1-2-11-10-7-8-4-3-5-9-6-8/h3-7H,2H2,1H3/b10-7+. The van der Waals surface area contributed by atoms with Crippen LogP contribution in [0.5, 0.6) is 0 Å². The Morgan fingerprint density at radius 2 is 2.64 bits per heavy atom. The highest BCUT2D eigenvalue weighted by molar-refractivity contribution is 5.78. The lowest BCUT2D eigenvalue weighted by Gasteiger charge is -1.90. The maximum Gasteiger partial charge on any atom is 0.114 e. The number of nitrogens with zero attached hydrogens (tertiary/aromatic N) is 2. The highest BCUT2D eigenvalue weighted by Crippen LogP contribution is 1.90. The molecule has 0 aliphatic carbocycles. The van der Waals surface area contributed by atoms with E-state index in [9.17, 15) is 0 Å². The van der Waals surface area contributed by atoms with Crippen molar-refractivity contribution >= 4 is 6.21 Å². The molecule has 1 aromatic heterocycles. The Bertz CT molecular complexity index is 221. The Kier molecular flexibility index (Phi) is 3.12. The SMILES string of the molecule is CCO/N=C/c1cccnc1. The van der Waals surface area contributed by atoms with Crippen LogP contribution >= 0.6 is 0 Å². The van der Waals surface area contributed by atoms with Crippen molar-refractivity contribution in [1.82, 2.24) is 4.98 Å². The van der Waals surface area contributed by atoms with Crippen LogP contribution in [0.25, 0.3) is 0 Å².